The Morgan fingerprint density at radius 2 is 2.04 bits per heavy atom. The minimum atomic E-state index is -0.113. The van der Waals surface area contributed by atoms with Gasteiger partial charge in [0.1, 0.15) is 5.69 Å². The third kappa shape index (κ3) is 3.84. The average molecular weight is 321 g/mol. The second kappa shape index (κ2) is 7.50. The molecule has 0 radical (unpaired) electrons. The molecule has 122 valence electrons. The highest BCUT2D eigenvalue weighted by Crippen LogP contribution is 2.17. The molecule has 0 fully saturated rings. The Hall–Kier alpha value is -3.02. The van der Waals surface area contributed by atoms with Gasteiger partial charge in [0, 0.05) is 37.2 Å². The van der Waals surface area contributed by atoms with E-state index >= 15 is 0 Å². The summed E-state index contributed by atoms with van der Waals surface area (Å²) >= 11 is 0. The van der Waals surface area contributed by atoms with Gasteiger partial charge in [-0.1, -0.05) is 30.3 Å². The Morgan fingerprint density at radius 3 is 2.79 bits per heavy atom. The summed E-state index contributed by atoms with van der Waals surface area (Å²) in [5.74, 6) is -0.113. The number of aromatic amines is 1. The molecule has 0 aliphatic rings. The summed E-state index contributed by atoms with van der Waals surface area (Å²) in [6.07, 6.45) is 6.24. The van der Waals surface area contributed by atoms with Gasteiger partial charge in [0.25, 0.3) is 5.91 Å². The Kier molecular flexibility index (Phi) is 4.96. The molecule has 1 amide bonds. The van der Waals surface area contributed by atoms with Crippen LogP contribution in [-0.4, -0.2) is 44.6 Å². The Labute approximate surface area is 140 Å². The summed E-state index contributed by atoms with van der Waals surface area (Å²) in [7, 11) is 1.78. The fourth-order valence-electron chi connectivity index (χ4n) is 2.46. The monoisotopic (exact) mass is 321 g/mol. The van der Waals surface area contributed by atoms with Gasteiger partial charge in [-0.15, -0.1) is 0 Å². The van der Waals surface area contributed by atoms with E-state index in [-0.39, 0.29) is 5.91 Å². The fraction of sp³-hybridized carbons (Fsp3) is 0.222. The minimum absolute atomic E-state index is 0.113. The topological polar surface area (TPSA) is 74.8 Å². The maximum absolute atomic E-state index is 12.2. The van der Waals surface area contributed by atoms with Gasteiger partial charge in [-0.25, -0.2) is 4.98 Å². The van der Waals surface area contributed by atoms with Crippen LogP contribution < -0.4 is 0 Å². The van der Waals surface area contributed by atoms with Gasteiger partial charge in [-0.05, 0) is 18.9 Å². The van der Waals surface area contributed by atoms with E-state index in [0.29, 0.717) is 12.2 Å². The van der Waals surface area contributed by atoms with Crippen molar-refractivity contribution in [2.75, 3.05) is 13.6 Å². The van der Waals surface area contributed by atoms with E-state index < -0.39 is 0 Å². The molecule has 6 nitrogen and oxygen atoms in total. The molecule has 0 aliphatic heterocycles. The molecule has 24 heavy (non-hydrogen) atoms. The van der Waals surface area contributed by atoms with E-state index in [1.165, 1.54) is 12.4 Å². The lowest BCUT2D eigenvalue weighted by Gasteiger charge is -2.15. The van der Waals surface area contributed by atoms with Crippen LogP contribution in [0.2, 0.25) is 0 Å². The molecular formula is C18H19N5O. The molecule has 2 aromatic heterocycles. The first-order chi connectivity index (χ1) is 11.7. The molecule has 0 atom stereocenters. The second-order valence-electron chi connectivity index (χ2n) is 5.57. The Bertz CT molecular complexity index is 785. The van der Waals surface area contributed by atoms with Gasteiger partial charge in [0.2, 0.25) is 0 Å². The van der Waals surface area contributed by atoms with E-state index in [2.05, 4.69) is 26.2 Å². The van der Waals surface area contributed by atoms with Gasteiger partial charge in [-0.2, -0.15) is 5.10 Å². The number of carbonyl (C=O) groups is 1. The van der Waals surface area contributed by atoms with Crippen LogP contribution in [0.5, 0.6) is 0 Å². The van der Waals surface area contributed by atoms with Crippen LogP contribution in [0, 0.1) is 0 Å². The van der Waals surface area contributed by atoms with Crippen LogP contribution >= 0.6 is 0 Å². The number of aryl methyl sites for hydroxylation is 1. The first kappa shape index (κ1) is 15.9. The molecule has 1 aromatic carbocycles. The maximum atomic E-state index is 12.2. The highest BCUT2D eigenvalue weighted by molar-refractivity contribution is 5.91. The van der Waals surface area contributed by atoms with Crippen LogP contribution in [0.15, 0.2) is 55.0 Å². The number of nitrogens with one attached hydrogen (secondary N) is 1. The van der Waals surface area contributed by atoms with Crippen molar-refractivity contribution in [3.05, 3.63) is 66.4 Å². The molecule has 0 aliphatic carbocycles. The summed E-state index contributed by atoms with van der Waals surface area (Å²) in [4.78, 5) is 21.8. The molecule has 0 saturated carbocycles. The summed E-state index contributed by atoms with van der Waals surface area (Å²) < 4.78 is 0. The van der Waals surface area contributed by atoms with Gasteiger partial charge >= 0.3 is 0 Å². The Balaban J connectivity index is 1.52. The number of hydrogen-bond acceptors (Lipinski definition) is 4. The number of hydrogen-bond donors (Lipinski definition) is 1. The van der Waals surface area contributed by atoms with Crippen molar-refractivity contribution in [2.45, 2.75) is 12.8 Å². The molecule has 0 bridgehead atoms. The number of nitrogens with zero attached hydrogens (tertiary/aromatic N) is 4. The van der Waals surface area contributed by atoms with E-state index in [0.717, 1.165) is 29.8 Å². The number of H-pyrrole nitrogens is 1. The number of aromatic nitrogens is 4. The molecule has 6 heteroatoms. The molecule has 3 aromatic rings. The van der Waals surface area contributed by atoms with Crippen molar-refractivity contribution in [3.63, 3.8) is 0 Å². The third-order valence-electron chi connectivity index (χ3n) is 3.77. The molecule has 0 unspecified atom stereocenters. The lowest BCUT2D eigenvalue weighted by atomic mass is 10.1. The molecule has 0 spiro atoms. The zero-order chi connectivity index (χ0) is 16.8. The van der Waals surface area contributed by atoms with E-state index in [1.807, 2.05) is 30.3 Å². The highest BCUT2D eigenvalue weighted by atomic mass is 16.2. The van der Waals surface area contributed by atoms with Crippen LogP contribution in [0.1, 0.15) is 22.6 Å². The first-order valence-corrected chi connectivity index (χ1v) is 7.85. The van der Waals surface area contributed by atoms with Crippen molar-refractivity contribution < 1.29 is 4.79 Å². The molecule has 3 rings (SSSR count). The quantitative estimate of drug-likeness (QED) is 0.757. The van der Waals surface area contributed by atoms with Gasteiger partial charge in [-0.3, -0.25) is 14.9 Å². The van der Waals surface area contributed by atoms with Gasteiger partial charge in [0.15, 0.2) is 0 Å². The number of rotatable bonds is 6. The normalized spacial score (nSPS) is 10.5. The molecule has 0 saturated heterocycles. The van der Waals surface area contributed by atoms with Crippen molar-refractivity contribution in [3.8, 4) is 11.3 Å². The maximum Gasteiger partial charge on any atom is 0.273 e. The largest absolute Gasteiger partial charge is 0.340 e. The lowest BCUT2D eigenvalue weighted by molar-refractivity contribution is 0.0787. The molecule has 1 N–H and O–H groups in total. The first-order valence-electron chi connectivity index (χ1n) is 7.85. The van der Waals surface area contributed by atoms with Gasteiger partial charge < -0.3 is 4.90 Å². The minimum Gasteiger partial charge on any atom is -0.340 e. The van der Waals surface area contributed by atoms with Crippen LogP contribution in [0.25, 0.3) is 11.3 Å². The van der Waals surface area contributed by atoms with Crippen LogP contribution in [0.3, 0.4) is 0 Å². The number of amides is 1. The van der Waals surface area contributed by atoms with Crippen molar-refractivity contribution in [1.29, 1.82) is 0 Å². The van der Waals surface area contributed by atoms with E-state index in [1.54, 1.807) is 18.1 Å². The number of benzene rings is 1. The predicted molar refractivity (Wildman–Crippen MR) is 91.3 cm³/mol. The molecule has 2 heterocycles. The standard InChI is InChI=1S/C18H19N5O/c1-23(18(24)17-13-19-9-10-20-17)11-5-8-15-12-16(22-21-15)14-6-3-2-4-7-14/h2-4,6-7,9-10,12-13H,5,8,11H2,1H3,(H,21,22). The summed E-state index contributed by atoms with van der Waals surface area (Å²) in [5, 5.41) is 7.41. The molecular weight excluding hydrogens is 302 g/mol. The van der Waals surface area contributed by atoms with E-state index in [4.69, 9.17) is 0 Å². The number of carbonyl (C=O) groups excluding carboxylic acids is 1. The zero-order valence-corrected chi connectivity index (χ0v) is 13.5. The van der Waals surface area contributed by atoms with Gasteiger partial charge in [0.05, 0.1) is 11.9 Å². The SMILES string of the molecule is CN(CCCc1cc(-c2ccccc2)n[nH]1)C(=O)c1cnccn1. The summed E-state index contributed by atoms with van der Waals surface area (Å²) in [5.41, 5.74) is 3.46. The van der Waals surface area contributed by atoms with E-state index in [9.17, 15) is 4.79 Å². The average Bonchev–Trinajstić information content (AvgIpc) is 3.11. The fourth-order valence-corrected chi connectivity index (χ4v) is 2.46. The van der Waals surface area contributed by atoms with Crippen LogP contribution in [0.4, 0.5) is 0 Å². The highest BCUT2D eigenvalue weighted by Gasteiger charge is 2.12. The van der Waals surface area contributed by atoms with Crippen molar-refractivity contribution in [2.24, 2.45) is 0 Å². The summed E-state index contributed by atoms with van der Waals surface area (Å²) in [6, 6.07) is 12.1. The van der Waals surface area contributed by atoms with Crippen molar-refractivity contribution >= 4 is 5.91 Å². The Morgan fingerprint density at radius 1 is 1.21 bits per heavy atom. The van der Waals surface area contributed by atoms with Crippen molar-refractivity contribution in [1.82, 2.24) is 25.1 Å². The third-order valence-corrected chi connectivity index (χ3v) is 3.77. The zero-order valence-electron chi connectivity index (χ0n) is 13.5. The van der Waals surface area contributed by atoms with Crippen LogP contribution in [-0.2, 0) is 6.42 Å². The second-order valence-corrected chi connectivity index (χ2v) is 5.57. The lowest BCUT2D eigenvalue weighted by Crippen LogP contribution is -2.28. The predicted octanol–water partition coefficient (Wildman–Crippen LogP) is 2.57. The summed E-state index contributed by atoms with van der Waals surface area (Å²) in [6.45, 7) is 0.648. The smallest absolute Gasteiger partial charge is 0.273 e.